The predicted octanol–water partition coefficient (Wildman–Crippen LogP) is 4.10. The number of halogens is 2. The number of nitrogens with zero attached hydrogens (tertiary/aromatic N) is 2. The maximum atomic E-state index is 13.1. The topological polar surface area (TPSA) is 49.8 Å². The zero-order chi connectivity index (χ0) is 15.1. The Morgan fingerprint density at radius 2 is 1.95 bits per heavy atom. The second-order valence-electron chi connectivity index (χ2n) is 4.65. The zero-order valence-electron chi connectivity index (χ0n) is 11.9. The molecule has 0 aliphatic heterocycles. The first kappa shape index (κ1) is 15.2. The second kappa shape index (κ2) is 7.52. The molecule has 0 aliphatic rings. The zero-order valence-corrected chi connectivity index (χ0v) is 11.9. The van der Waals surface area contributed by atoms with Gasteiger partial charge in [0, 0.05) is 24.5 Å². The molecular weight excluding hydrogens is 274 g/mol. The fourth-order valence-corrected chi connectivity index (χ4v) is 1.81. The molecule has 1 heterocycles. The molecule has 0 radical (unpaired) electrons. The maximum Gasteiger partial charge on any atom is 0.224 e. The molecule has 4 nitrogen and oxygen atoms in total. The molecule has 1 aromatic carbocycles. The van der Waals surface area contributed by atoms with Crippen molar-refractivity contribution in [2.75, 3.05) is 17.2 Å². The van der Waals surface area contributed by atoms with E-state index in [4.69, 9.17) is 0 Å². The van der Waals surface area contributed by atoms with Crippen LogP contribution in [-0.2, 0) is 0 Å². The Balaban J connectivity index is 1.98. The molecule has 0 amide bonds. The maximum absolute atomic E-state index is 13.1. The van der Waals surface area contributed by atoms with Crippen LogP contribution in [0.3, 0.4) is 0 Å². The smallest absolute Gasteiger partial charge is 0.224 e. The summed E-state index contributed by atoms with van der Waals surface area (Å²) in [6.45, 7) is 2.95. The molecule has 2 rings (SSSR count). The van der Waals surface area contributed by atoms with Crippen molar-refractivity contribution in [2.45, 2.75) is 26.2 Å². The highest BCUT2D eigenvalue weighted by atomic mass is 19.2. The minimum atomic E-state index is -0.896. The Morgan fingerprint density at radius 3 is 2.71 bits per heavy atom. The SMILES string of the molecule is CCCCCNc1nccc(Nc2ccc(F)c(F)c2)n1. The number of nitrogens with one attached hydrogen (secondary N) is 2. The molecule has 0 atom stereocenters. The van der Waals surface area contributed by atoms with Gasteiger partial charge in [-0.2, -0.15) is 4.98 Å². The molecular formula is C15H18F2N4. The fourth-order valence-electron chi connectivity index (χ4n) is 1.81. The first-order chi connectivity index (χ1) is 10.2. The van der Waals surface area contributed by atoms with Crippen LogP contribution >= 0.6 is 0 Å². The summed E-state index contributed by atoms with van der Waals surface area (Å²) in [7, 11) is 0. The summed E-state index contributed by atoms with van der Waals surface area (Å²) in [5.74, 6) is -0.735. The lowest BCUT2D eigenvalue weighted by atomic mass is 10.2. The number of aromatic nitrogens is 2. The molecule has 112 valence electrons. The van der Waals surface area contributed by atoms with E-state index in [9.17, 15) is 8.78 Å². The van der Waals surface area contributed by atoms with E-state index in [-0.39, 0.29) is 0 Å². The average Bonchev–Trinajstić information content (AvgIpc) is 2.48. The Labute approximate surface area is 122 Å². The van der Waals surface area contributed by atoms with Crippen LogP contribution in [0.2, 0.25) is 0 Å². The van der Waals surface area contributed by atoms with Crippen LogP contribution in [0.15, 0.2) is 30.5 Å². The van der Waals surface area contributed by atoms with Gasteiger partial charge in [-0.25, -0.2) is 13.8 Å². The highest BCUT2D eigenvalue weighted by Gasteiger charge is 2.04. The van der Waals surface area contributed by atoms with Crippen molar-refractivity contribution < 1.29 is 8.78 Å². The molecule has 0 fully saturated rings. The van der Waals surface area contributed by atoms with Gasteiger partial charge in [-0.15, -0.1) is 0 Å². The molecule has 1 aromatic heterocycles. The molecule has 0 aliphatic carbocycles. The Hall–Kier alpha value is -2.24. The van der Waals surface area contributed by atoms with Crippen LogP contribution in [0.1, 0.15) is 26.2 Å². The van der Waals surface area contributed by atoms with Crippen molar-refractivity contribution in [3.05, 3.63) is 42.1 Å². The summed E-state index contributed by atoms with van der Waals surface area (Å²) < 4.78 is 26.0. The third kappa shape index (κ3) is 4.66. The minimum Gasteiger partial charge on any atom is -0.354 e. The summed E-state index contributed by atoms with van der Waals surface area (Å²) >= 11 is 0. The van der Waals surface area contributed by atoms with Crippen LogP contribution in [0.5, 0.6) is 0 Å². The Bertz CT molecular complexity index is 590. The van der Waals surface area contributed by atoms with Crippen LogP contribution in [0.4, 0.5) is 26.2 Å². The van der Waals surface area contributed by atoms with E-state index in [0.717, 1.165) is 37.9 Å². The lowest BCUT2D eigenvalue weighted by Gasteiger charge is -2.08. The first-order valence-electron chi connectivity index (χ1n) is 6.98. The number of anilines is 3. The molecule has 0 bridgehead atoms. The van der Waals surface area contributed by atoms with Crippen molar-refractivity contribution in [3.63, 3.8) is 0 Å². The number of benzene rings is 1. The number of hydrogen-bond acceptors (Lipinski definition) is 4. The van der Waals surface area contributed by atoms with Crippen LogP contribution in [-0.4, -0.2) is 16.5 Å². The van der Waals surface area contributed by atoms with Gasteiger partial charge in [-0.3, -0.25) is 0 Å². The van der Waals surface area contributed by atoms with Crippen molar-refractivity contribution in [1.82, 2.24) is 9.97 Å². The third-order valence-corrected chi connectivity index (χ3v) is 2.91. The number of unbranched alkanes of at least 4 members (excludes halogenated alkanes) is 2. The summed E-state index contributed by atoms with van der Waals surface area (Å²) in [5.41, 5.74) is 0.435. The van der Waals surface area contributed by atoms with Gasteiger partial charge in [-0.1, -0.05) is 19.8 Å². The van der Waals surface area contributed by atoms with Gasteiger partial charge in [-0.05, 0) is 24.6 Å². The molecule has 2 aromatic rings. The molecule has 0 saturated carbocycles. The Kier molecular flexibility index (Phi) is 5.43. The average molecular weight is 292 g/mol. The molecule has 0 spiro atoms. The summed E-state index contributed by atoms with van der Waals surface area (Å²) in [6.07, 6.45) is 4.97. The van der Waals surface area contributed by atoms with E-state index < -0.39 is 11.6 Å². The van der Waals surface area contributed by atoms with Crippen molar-refractivity contribution in [1.29, 1.82) is 0 Å². The van der Waals surface area contributed by atoms with E-state index in [1.54, 1.807) is 12.3 Å². The normalized spacial score (nSPS) is 10.4. The summed E-state index contributed by atoms with van der Waals surface area (Å²) in [4.78, 5) is 8.38. The van der Waals surface area contributed by atoms with Gasteiger partial charge in [0.25, 0.3) is 0 Å². The molecule has 0 saturated heterocycles. The highest BCUT2D eigenvalue weighted by molar-refractivity contribution is 5.56. The van der Waals surface area contributed by atoms with E-state index in [2.05, 4.69) is 27.5 Å². The van der Waals surface area contributed by atoms with E-state index >= 15 is 0 Å². The fraction of sp³-hybridized carbons (Fsp3) is 0.333. The minimum absolute atomic E-state index is 0.435. The molecule has 6 heteroatoms. The monoisotopic (exact) mass is 292 g/mol. The van der Waals surface area contributed by atoms with Crippen LogP contribution in [0, 0.1) is 11.6 Å². The van der Waals surface area contributed by atoms with Crippen molar-refractivity contribution in [2.24, 2.45) is 0 Å². The lowest BCUT2D eigenvalue weighted by Crippen LogP contribution is -2.06. The number of rotatable bonds is 7. The van der Waals surface area contributed by atoms with Gasteiger partial charge in [0.2, 0.25) is 5.95 Å². The molecule has 2 N–H and O–H groups in total. The summed E-state index contributed by atoms with van der Waals surface area (Å²) in [5, 5.41) is 6.05. The molecule has 21 heavy (non-hydrogen) atoms. The second-order valence-corrected chi connectivity index (χ2v) is 4.65. The third-order valence-electron chi connectivity index (χ3n) is 2.91. The van der Waals surface area contributed by atoms with Gasteiger partial charge >= 0.3 is 0 Å². The number of hydrogen-bond donors (Lipinski definition) is 2. The van der Waals surface area contributed by atoms with Crippen molar-refractivity contribution in [3.8, 4) is 0 Å². The quantitative estimate of drug-likeness (QED) is 0.754. The van der Waals surface area contributed by atoms with Gasteiger partial charge < -0.3 is 10.6 Å². The van der Waals surface area contributed by atoms with E-state index in [1.807, 2.05) is 0 Å². The predicted molar refractivity (Wildman–Crippen MR) is 79.7 cm³/mol. The van der Waals surface area contributed by atoms with Crippen LogP contribution < -0.4 is 10.6 Å². The highest BCUT2D eigenvalue weighted by Crippen LogP contribution is 2.18. The Morgan fingerprint density at radius 1 is 1.10 bits per heavy atom. The summed E-state index contributed by atoms with van der Waals surface area (Å²) in [6, 6.07) is 5.28. The molecule has 0 unspecified atom stereocenters. The first-order valence-corrected chi connectivity index (χ1v) is 6.98. The van der Waals surface area contributed by atoms with E-state index in [0.29, 0.717) is 17.5 Å². The van der Waals surface area contributed by atoms with E-state index in [1.165, 1.54) is 6.07 Å². The van der Waals surface area contributed by atoms with Crippen LogP contribution in [0.25, 0.3) is 0 Å². The lowest BCUT2D eigenvalue weighted by molar-refractivity contribution is 0.509. The van der Waals surface area contributed by atoms with Gasteiger partial charge in [0.05, 0.1) is 0 Å². The van der Waals surface area contributed by atoms with Crippen molar-refractivity contribution >= 4 is 17.5 Å². The largest absolute Gasteiger partial charge is 0.354 e. The standard InChI is InChI=1S/C15H18F2N4/c1-2-3-4-8-18-15-19-9-7-14(21-15)20-11-5-6-12(16)13(17)10-11/h5-7,9-10H,2-4,8H2,1H3,(H2,18,19,20,21). The van der Waals surface area contributed by atoms with Gasteiger partial charge in [0.1, 0.15) is 5.82 Å². The van der Waals surface area contributed by atoms with Gasteiger partial charge in [0.15, 0.2) is 11.6 Å².